The van der Waals surface area contributed by atoms with Crippen LogP contribution in [0.5, 0.6) is 0 Å². The second-order valence-electron chi connectivity index (χ2n) is 5.78. The minimum Gasteiger partial charge on any atom is -0.369 e. The second kappa shape index (κ2) is 7.45. The van der Waals surface area contributed by atoms with Crippen molar-refractivity contribution in [3.05, 3.63) is 75.5 Å². The van der Waals surface area contributed by atoms with E-state index in [1.54, 1.807) is 12.1 Å². The molecule has 0 amide bonds. The molecule has 0 saturated heterocycles. The van der Waals surface area contributed by atoms with Gasteiger partial charge in [0.25, 0.3) is 15.6 Å². The zero-order valence-electron chi connectivity index (χ0n) is 14.7. The summed E-state index contributed by atoms with van der Waals surface area (Å²) in [4.78, 5) is 12.5. The van der Waals surface area contributed by atoms with Gasteiger partial charge in [0.2, 0.25) is 5.96 Å². The summed E-state index contributed by atoms with van der Waals surface area (Å²) in [7, 11) is -3.95. The molecule has 0 aliphatic heterocycles. The van der Waals surface area contributed by atoms with E-state index in [-0.39, 0.29) is 10.5 Å². The molecular weight excluding hydrogens is 380 g/mol. The van der Waals surface area contributed by atoms with E-state index in [0.29, 0.717) is 21.9 Å². The number of anilines is 1. The van der Waals surface area contributed by atoms with Crippen LogP contribution in [0.25, 0.3) is 18.5 Å². The molecule has 0 aliphatic carbocycles. The van der Waals surface area contributed by atoms with Gasteiger partial charge in [-0.3, -0.25) is 9.89 Å². The number of hydrogen-bond donors (Lipinski definition) is 4. The molecule has 28 heavy (non-hydrogen) atoms. The number of nitrogens with zero attached hydrogens (tertiary/aromatic N) is 2. The predicted octanol–water partition coefficient (Wildman–Crippen LogP) is -0.612. The van der Waals surface area contributed by atoms with Crippen LogP contribution in [0.1, 0.15) is 0 Å². The maximum atomic E-state index is 12.6. The molecule has 0 atom stereocenters. The molecule has 3 aromatic rings. The molecule has 1 aromatic heterocycles. The van der Waals surface area contributed by atoms with Crippen molar-refractivity contribution in [2.45, 2.75) is 4.90 Å². The van der Waals surface area contributed by atoms with Gasteiger partial charge in [0.05, 0.1) is 21.2 Å². The molecular formula is C18H18N6O3S. The summed E-state index contributed by atoms with van der Waals surface area (Å²) < 4.78 is 28.5. The first-order chi connectivity index (χ1) is 13.3. The number of aromatic nitrogens is 2. The molecule has 0 bridgehead atoms. The third-order valence-electron chi connectivity index (χ3n) is 3.78. The Balaban J connectivity index is 1.89. The Kier molecular flexibility index (Phi) is 5.05. The lowest BCUT2D eigenvalue weighted by molar-refractivity contribution is 0.598. The Morgan fingerprint density at radius 2 is 1.75 bits per heavy atom. The molecule has 2 aromatic carbocycles. The fourth-order valence-corrected chi connectivity index (χ4v) is 3.34. The number of benzene rings is 2. The first-order valence-corrected chi connectivity index (χ1v) is 9.50. The van der Waals surface area contributed by atoms with Crippen LogP contribution in [0.4, 0.5) is 5.69 Å². The average Bonchev–Trinajstić information content (AvgIpc) is 2.94. The normalized spacial score (nSPS) is 11.9. The molecule has 0 saturated carbocycles. The first-order valence-electron chi connectivity index (χ1n) is 8.06. The number of nitrogens with two attached hydrogens (primary N) is 2. The number of nitrogens with one attached hydrogen (secondary N) is 2. The van der Waals surface area contributed by atoms with Crippen molar-refractivity contribution < 1.29 is 8.42 Å². The van der Waals surface area contributed by atoms with Gasteiger partial charge in [-0.1, -0.05) is 24.8 Å². The van der Waals surface area contributed by atoms with E-state index < -0.39 is 16.0 Å². The molecule has 144 valence electrons. The van der Waals surface area contributed by atoms with Gasteiger partial charge < -0.3 is 16.8 Å². The van der Waals surface area contributed by atoms with Gasteiger partial charge in [0, 0.05) is 11.9 Å². The van der Waals surface area contributed by atoms with Crippen molar-refractivity contribution in [2.75, 3.05) is 5.32 Å². The van der Waals surface area contributed by atoms with Crippen molar-refractivity contribution in [1.29, 1.82) is 0 Å². The third kappa shape index (κ3) is 3.96. The summed E-state index contributed by atoms with van der Waals surface area (Å²) in [5.74, 6) is -0.541. The summed E-state index contributed by atoms with van der Waals surface area (Å²) >= 11 is 0. The lowest BCUT2D eigenvalue weighted by Crippen LogP contribution is -2.34. The van der Waals surface area contributed by atoms with E-state index >= 15 is 0 Å². The van der Waals surface area contributed by atoms with Crippen molar-refractivity contribution in [2.24, 2.45) is 15.9 Å². The smallest absolute Gasteiger partial charge is 0.285 e. The highest BCUT2D eigenvalue weighted by molar-refractivity contribution is 7.90. The van der Waals surface area contributed by atoms with Gasteiger partial charge in [-0.15, -0.1) is 4.40 Å². The zero-order chi connectivity index (χ0) is 20.3. The van der Waals surface area contributed by atoms with E-state index in [2.05, 4.69) is 21.4 Å². The van der Waals surface area contributed by atoms with E-state index in [9.17, 15) is 13.2 Å². The molecule has 0 aliphatic rings. The van der Waals surface area contributed by atoms with Crippen molar-refractivity contribution in [1.82, 2.24) is 9.78 Å². The van der Waals surface area contributed by atoms with E-state index in [1.807, 2.05) is 18.2 Å². The largest absolute Gasteiger partial charge is 0.369 e. The van der Waals surface area contributed by atoms with E-state index in [1.165, 1.54) is 35.1 Å². The number of guanidine groups is 1. The van der Waals surface area contributed by atoms with Crippen LogP contribution in [-0.4, -0.2) is 24.2 Å². The zero-order valence-corrected chi connectivity index (χ0v) is 15.5. The van der Waals surface area contributed by atoms with E-state index in [0.717, 1.165) is 0 Å². The van der Waals surface area contributed by atoms with Gasteiger partial charge in [0.1, 0.15) is 0 Å². The van der Waals surface area contributed by atoms with Gasteiger partial charge in [-0.05, 0) is 36.4 Å². The fourth-order valence-electron chi connectivity index (χ4n) is 2.47. The van der Waals surface area contributed by atoms with Crippen LogP contribution in [0, 0.1) is 0 Å². The van der Waals surface area contributed by atoms with Crippen LogP contribution < -0.4 is 32.9 Å². The van der Waals surface area contributed by atoms with Gasteiger partial charge >= 0.3 is 0 Å². The summed E-state index contributed by atoms with van der Waals surface area (Å²) in [6.07, 6.45) is 1.50. The minimum atomic E-state index is -3.95. The highest BCUT2D eigenvalue weighted by atomic mass is 32.2. The van der Waals surface area contributed by atoms with Crippen LogP contribution in [0.3, 0.4) is 0 Å². The molecule has 10 heteroatoms. The Bertz CT molecular complexity index is 1290. The monoisotopic (exact) mass is 398 g/mol. The lowest BCUT2D eigenvalue weighted by Gasteiger charge is -2.02. The minimum absolute atomic E-state index is 0.0580. The fraction of sp³-hybridized carbons (Fsp3) is 0. The standard InChI is InChI=1S/C18H18N6O3S/c1-12-16(17(25)24(22-12)14-5-3-2-4-6-14)11-21-13-7-9-15(10-8-13)28(26,27)23-18(19)20/h2-11,21-22H,1H2,(H4,19,20,23)/b16-11-. The van der Waals surface area contributed by atoms with Crippen LogP contribution in [0.2, 0.25) is 0 Å². The Morgan fingerprint density at radius 3 is 2.36 bits per heavy atom. The van der Waals surface area contributed by atoms with Crippen molar-refractivity contribution in [3.8, 4) is 5.69 Å². The molecule has 0 spiro atoms. The first kappa shape index (κ1) is 19.0. The average molecular weight is 398 g/mol. The van der Waals surface area contributed by atoms with Crippen molar-refractivity contribution in [3.63, 3.8) is 0 Å². The van der Waals surface area contributed by atoms with Crippen LogP contribution in [0.15, 0.2) is 68.7 Å². The number of para-hydroxylation sites is 1. The second-order valence-corrected chi connectivity index (χ2v) is 7.39. The maximum absolute atomic E-state index is 12.6. The number of sulfonamides is 1. The Morgan fingerprint density at radius 1 is 1.11 bits per heavy atom. The van der Waals surface area contributed by atoms with E-state index in [4.69, 9.17) is 11.5 Å². The van der Waals surface area contributed by atoms with Crippen molar-refractivity contribution >= 4 is 34.4 Å². The topological polar surface area (TPSA) is 148 Å². The maximum Gasteiger partial charge on any atom is 0.285 e. The quantitative estimate of drug-likeness (QED) is 0.333. The molecule has 1 heterocycles. The summed E-state index contributed by atoms with van der Waals surface area (Å²) in [5.41, 5.74) is 11.2. The summed E-state index contributed by atoms with van der Waals surface area (Å²) in [6.45, 7) is 3.85. The molecule has 0 radical (unpaired) electrons. The molecule has 9 nitrogen and oxygen atoms in total. The molecule has 0 unspecified atom stereocenters. The molecule has 6 N–H and O–H groups in total. The number of rotatable bonds is 5. The van der Waals surface area contributed by atoms with Crippen LogP contribution >= 0.6 is 0 Å². The SMILES string of the molecule is C=c1[nH]n(-c2ccccc2)c(=O)/c1=C\Nc1ccc(S(=O)(=O)N=C(N)N)cc1. The number of H-pyrrole nitrogens is 1. The van der Waals surface area contributed by atoms with Gasteiger partial charge in [0.15, 0.2) is 0 Å². The number of hydrogen-bond acceptors (Lipinski definition) is 4. The summed E-state index contributed by atoms with van der Waals surface area (Å²) in [5, 5.41) is 6.65. The van der Waals surface area contributed by atoms with Gasteiger partial charge in [-0.25, -0.2) is 4.68 Å². The predicted molar refractivity (Wildman–Crippen MR) is 109 cm³/mol. The number of aromatic amines is 1. The molecule has 3 rings (SSSR count). The van der Waals surface area contributed by atoms with Gasteiger partial charge in [-0.2, -0.15) is 8.42 Å². The molecule has 0 fully saturated rings. The van der Waals surface area contributed by atoms with Crippen LogP contribution in [-0.2, 0) is 10.0 Å². The summed E-state index contributed by atoms with van der Waals surface area (Å²) in [6, 6.07) is 14.8. The highest BCUT2D eigenvalue weighted by Crippen LogP contribution is 2.15. The lowest BCUT2D eigenvalue weighted by atomic mass is 10.3. The Hall–Kier alpha value is -3.79. The highest BCUT2D eigenvalue weighted by Gasteiger charge is 2.12. The Labute approximate surface area is 160 Å². The third-order valence-corrected chi connectivity index (χ3v) is 5.10.